The molecule has 1 atom stereocenters. The molecular formula is C13H17ClFNO. The van der Waals surface area contributed by atoms with Gasteiger partial charge in [-0.3, -0.25) is 0 Å². The van der Waals surface area contributed by atoms with Crippen molar-refractivity contribution >= 4 is 11.6 Å². The molecule has 1 aliphatic heterocycles. The number of β-amino-alcohol motifs (C(OH)–C–C–N with tert-alkyl or cyclic N) is 1. The number of benzene rings is 1. The summed E-state index contributed by atoms with van der Waals surface area (Å²) in [7, 11) is 1.97. The molecule has 0 saturated carbocycles. The van der Waals surface area contributed by atoms with E-state index in [1.165, 1.54) is 6.07 Å². The zero-order valence-corrected chi connectivity index (χ0v) is 10.7. The first-order valence-corrected chi connectivity index (χ1v) is 6.22. The summed E-state index contributed by atoms with van der Waals surface area (Å²) in [5, 5.41) is 10.9. The Kier molecular flexibility index (Phi) is 3.71. The number of nitrogens with zero attached hydrogens (tertiary/aromatic N) is 1. The quantitative estimate of drug-likeness (QED) is 0.880. The third kappa shape index (κ3) is 2.97. The SMILES string of the molecule is CN1CCCC(O)(Cc2c(F)cccc2Cl)C1. The molecule has 2 nitrogen and oxygen atoms in total. The molecule has 1 N–H and O–H groups in total. The van der Waals surface area contributed by atoms with Gasteiger partial charge in [-0.15, -0.1) is 0 Å². The molecule has 1 saturated heterocycles. The van der Waals surface area contributed by atoms with Crippen LogP contribution in [0.15, 0.2) is 18.2 Å². The largest absolute Gasteiger partial charge is 0.388 e. The maximum atomic E-state index is 13.7. The van der Waals surface area contributed by atoms with Crippen molar-refractivity contribution in [2.24, 2.45) is 0 Å². The molecule has 0 spiro atoms. The number of likely N-dealkylation sites (tertiary alicyclic amines) is 1. The molecule has 0 amide bonds. The van der Waals surface area contributed by atoms with Crippen molar-refractivity contribution in [1.29, 1.82) is 0 Å². The Morgan fingerprint density at radius 1 is 1.53 bits per heavy atom. The van der Waals surface area contributed by atoms with E-state index in [1.807, 2.05) is 7.05 Å². The average molecular weight is 258 g/mol. The smallest absolute Gasteiger partial charge is 0.127 e. The van der Waals surface area contributed by atoms with Crippen LogP contribution in [0.1, 0.15) is 18.4 Å². The minimum absolute atomic E-state index is 0.281. The van der Waals surface area contributed by atoms with Crippen LogP contribution in [-0.2, 0) is 6.42 Å². The van der Waals surface area contributed by atoms with Gasteiger partial charge in [-0.25, -0.2) is 4.39 Å². The van der Waals surface area contributed by atoms with Gasteiger partial charge in [0.2, 0.25) is 0 Å². The maximum absolute atomic E-state index is 13.7. The summed E-state index contributed by atoms with van der Waals surface area (Å²) in [6.45, 7) is 1.55. The number of hydrogen-bond acceptors (Lipinski definition) is 2. The van der Waals surface area contributed by atoms with E-state index in [0.717, 1.165) is 13.0 Å². The maximum Gasteiger partial charge on any atom is 0.127 e. The first-order valence-electron chi connectivity index (χ1n) is 5.84. The number of rotatable bonds is 2. The molecule has 1 aliphatic rings. The Hall–Kier alpha value is -0.640. The zero-order valence-electron chi connectivity index (χ0n) is 9.92. The van der Waals surface area contributed by atoms with Gasteiger partial charge in [-0.05, 0) is 38.6 Å². The lowest BCUT2D eigenvalue weighted by atomic mass is 9.86. The van der Waals surface area contributed by atoms with Gasteiger partial charge in [0, 0.05) is 23.6 Å². The van der Waals surface area contributed by atoms with E-state index < -0.39 is 5.60 Å². The molecule has 1 fully saturated rings. The molecule has 4 heteroatoms. The van der Waals surface area contributed by atoms with E-state index in [-0.39, 0.29) is 12.2 Å². The summed E-state index contributed by atoms with van der Waals surface area (Å²) in [5.74, 6) is -0.334. The van der Waals surface area contributed by atoms with Gasteiger partial charge in [0.05, 0.1) is 5.60 Å². The molecule has 0 aliphatic carbocycles. The fourth-order valence-corrected chi connectivity index (χ4v) is 2.74. The molecule has 0 bridgehead atoms. The fourth-order valence-electron chi connectivity index (χ4n) is 2.51. The molecule has 0 radical (unpaired) electrons. The van der Waals surface area contributed by atoms with Crippen LogP contribution < -0.4 is 0 Å². The summed E-state index contributed by atoms with van der Waals surface area (Å²) in [6.07, 6.45) is 1.91. The molecule has 1 unspecified atom stereocenters. The van der Waals surface area contributed by atoms with Crippen molar-refractivity contribution in [1.82, 2.24) is 4.90 Å². The zero-order chi connectivity index (χ0) is 12.5. The van der Waals surface area contributed by atoms with Crippen LogP contribution in [0, 0.1) is 5.82 Å². The Morgan fingerprint density at radius 3 is 2.94 bits per heavy atom. The fraction of sp³-hybridized carbons (Fsp3) is 0.538. The highest BCUT2D eigenvalue weighted by atomic mass is 35.5. The highest BCUT2D eigenvalue weighted by Gasteiger charge is 2.33. The summed E-state index contributed by atoms with van der Waals surface area (Å²) in [5.41, 5.74) is -0.439. The Labute approximate surface area is 106 Å². The molecule has 0 aromatic heterocycles. The number of likely N-dealkylation sites (N-methyl/N-ethyl adjacent to an activating group) is 1. The van der Waals surface area contributed by atoms with Crippen molar-refractivity contribution in [2.75, 3.05) is 20.1 Å². The normalized spacial score (nSPS) is 26.1. The molecule has 1 heterocycles. The number of halogens is 2. The second-order valence-corrected chi connectivity index (χ2v) is 5.35. The van der Waals surface area contributed by atoms with E-state index >= 15 is 0 Å². The van der Waals surface area contributed by atoms with Gasteiger partial charge in [0.25, 0.3) is 0 Å². The Morgan fingerprint density at radius 2 is 2.29 bits per heavy atom. The summed E-state index contributed by atoms with van der Waals surface area (Å²) < 4.78 is 13.7. The number of aliphatic hydroxyl groups is 1. The van der Waals surface area contributed by atoms with Crippen LogP contribution in [0.2, 0.25) is 5.02 Å². The summed E-state index contributed by atoms with van der Waals surface area (Å²) in [6, 6.07) is 4.63. The van der Waals surface area contributed by atoms with Crippen LogP contribution in [0.5, 0.6) is 0 Å². The monoisotopic (exact) mass is 257 g/mol. The van der Waals surface area contributed by atoms with Gasteiger partial charge in [0.15, 0.2) is 0 Å². The number of hydrogen-bond donors (Lipinski definition) is 1. The highest BCUT2D eigenvalue weighted by molar-refractivity contribution is 6.31. The lowest BCUT2D eigenvalue weighted by molar-refractivity contribution is -0.0229. The van der Waals surface area contributed by atoms with Crippen LogP contribution in [0.3, 0.4) is 0 Å². The average Bonchev–Trinajstić information content (AvgIpc) is 2.23. The summed E-state index contributed by atoms with van der Waals surface area (Å²) >= 11 is 5.98. The van der Waals surface area contributed by atoms with Gasteiger partial charge < -0.3 is 10.0 Å². The predicted octanol–water partition coefficient (Wildman–Crippen LogP) is 2.48. The Bertz CT molecular complexity index is 392. The lowest BCUT2D eigenvalue weighted by Gasteiger charge is -2.37. The number of piperidine rings is 1. The highest BCUT2D eigenvalue weighted by Crippen LogP contribution is 2.29. The van der Waals surface area contributed by atoms with Crippen molar-refractivity contribution in [3.8, 4) is 0 Å². The second-order valence-electron chi connectivity index (χ2n) is 4.94. The van der Waals surface area contributed by atoms with Crippen molar-refractivity contribution in [2.45, 2.75) is 24.9 Å². The van der Waals surface area contributed by atoms with Crippen LogP contribution in [0.4, 0.5) is 4.39 Å². The molecular weight excluding hydrogens is 241 g/mol. The van der Waals surface area contributed by atoms with Crippen LogP contribution in [0.25, 0.3) is 0 Å². The van der Waals surface area contributed by atoms with E-state index in [9.17, 15) is 9.50 Å². The van der Waals surface area contributed by atoms with Crippen molar-refractivity contribution in [3.63, 3.8) is 0 Å². The molecule has 17 heavy (non-hydrogen) atoms. The third-order valence-corrected chi connectivity index (χ3v) is 3.67. The van der Waals surface area contributed by atoms with Gasteiger partial charge in [0.1, 0.15) is 5.82 Å². The third-order valence-electron chi connectivity index (χ3n) is 3.31. The lowest BCUT2D eigenvalue weighted by Crippen LogP contribution is -2.48. The minimum atomic E-state index is -0.862. The molecule has 1 aromatic rings. The second kappa shape index (κ2) is 4.92. The van der Waals surface area contributed by atoms with E-state index in [2.05, 4.69) is 4.90 Å². The Balaban J connectivity index is 2.19. The molecule has 94 valence electrons. The van der Waals surface area contributed by atoms with Gasteiger partial charge >= 0.3 is 0 Å². The topological polar surface area (TPSA) is 23.5 Å². The predicted molar refractivity (Wildman–Crippen MR) is 66.8 cm³/mol. The molecule has 2 rings (SSSR count). The first-order chi connectivity index (χ1) is 8.00. The standard InChI is InChI=1S/C13H17ClFNO/c1-16-7-3-6-13(17,9-16)8-10-11(14)4-2-5-12(10)15/h2,4-5,17H,3,6-9H2,1H3. The first kappa shape index (κ1) is 12.8. The van der Waals surface area contributed by atoms with Gasteiger partial charge in [-0.1, -0.05) is 17.7 Å². The van der Waals surface area contributed by atoms with E-state index in [1.54, 1.807) is 12.1 Å². The van der Waals surface area contributed by atoms with Crippen LogP contribution >= 0.6 is 11.6 Å². The minimum Gasteiger partial charge on any atom is -0.388 e. The van der Waals surface area contributed by atoms with Crippen molar-refractivity contribution < 1.29 is 9.50 Å². The van der Waals surface area contributed by atoms with Crippen molar-refractivity contribution in [3.05, 3.63) is 34.6 Å². The molecule has 1 aromatic carbocycles. The van der Waals surface area contributed by atoms with Crippen LogP contribution in [-0.4, -0.2) is 35.7 Å². The van der Waals surface area contributed by atoms with E-state index in [0.29, 0.717) is 23.6 Å². The van der Waals surface area contributed by atoms with Gasteiger partial charge in [-0.2, -0.15) is 0 Å². The van der Waals surface area contributed by atoms with E-state index in [4.69, 9.17) is 11.6 Å². The summed E-state index contributed by atoms with van der Waals surface area (Å²) in [4.78, 5) is 2.07.